The molecule has 112 valence electrons. The zero-order valence-corrected chi connectivity index (χ0v) is 12.2. The maximum atomic E-state index is 12.9. The van der Waals surface area contributed by atoms with Crippen molar-refractivity contribution in [3.8, 4) is 0 Å². The van der Waals surface area contributed by atoms with Crippen LogP contribution in [0.15, 0.2) is 24.3 Å². The molecule has 4 heteroatoms. The second-order valence-electron chi connectivity index (χ2n) is 6.08. The van der Waals surface area contributed by atoms with E-state index in [1.807, 2.05) is 6.07 Å². The Bertz CT molecular complexity index is 467. The lowest BCUT2D eigenvalue weighted by atomic mass is 9.90. The van der Waals surface area contributed by atoms with Gasteiger partial charge in [0.2, 0.25) is 0 Å². The maximum Gasteiger partial charge on any atom is 0.416 e. The van der Waals surface area contributed by atoms with Gasteiger partial charge in [0.15, 0.2) is 0 Å². The fourth-order valence-corrected chi connectivity index (χ4v) is 2.98. The topological polar surface area (TPSA) is 12.0 Å². The smallest absolute Gasteiger partial charge is 0.314 e. The van der Waals surface area contributed by atoms with Crippen LogP contribution in [0.2, 0.25) is 0 Å². The Balaban J connectivity index is 2.27. The van der Waals surface area contributed by atoms with Crippen molar-refractivity contribution >= 4 is 0 Å². The SMILES string of the molecule is CCC1CC1(CNC(C)C)c1cccc(C(F)(F)F)c1. The van der Waals surface area contributed by atoms with Crippen molar-refractivity contribution in [1.82, 2.24) is 5.32 Å². The summed E-state index contributed by atoms with van der Waals surface area (Å²) < 4.78 is 38.6. The molecule has 0 amide bonds. The summed E-state index contributed by atoms with van der Waals surface area (Å²) in [4.78, 5) is 0. The minimum Gasteiger partial charge on any atom is -0.314 e. The van der Waals surface area contributed by atoms with Crippen LogP contribution in [0.25, 0.3) is 0 Å². The minimum absolute atomic E-state index is 0.111. The van der Waals surface area contributed by atoms with Gasteiger partial charge in [0, 0.05) is 18.0 Å². The van der Waals surface area contributed by atoms with Gasteiger partial charge in [-0.2, -0.15) is 13.2 Å². The Morgan fingerprint density at radius 3 is 2.55 bits per heavy atom. The molecule has 2 atom stereocenters. The molecule has 1 aliphatic rings. The minimum atomic E-state index is -4.26. The van der Waals surface area contributed by atoms with Crippen molar-refractivity contribution in [2.45, 2.75) is 51.2 Å². The zero-order chi connectivity index (χ0) is 15.0. The van der Waals surface area contributed by atoms with Crippen molar-refractivity contribution in [2.75, 3.05) is 6.54 Å². The molecule has 2 unspecified atom stereocenters. The highest BCUT2D eigenvalue weighted by molar-refractivity contribution is 5.38. The van der Waals surface area contributed by atoms with Crippen LogP contribution in [0.4, 0.5) is 13.2 Å². The predicted octanol–water partition coefficient (Wildman–Crippen LogP) is 4.37. The van der Waals surface area contributed by atoms with Crippen molar-refractivity contribution in [1.29, 1.82) is 0 Å². The third-order valence-electron chi connectivity index (χ3n) is 4.32. The Morgan fingerprint density at radius 2 is 2.05 bits per heavy atom. The summed E-state index contributed by atoms with van der Waals surface area (Å²) in [5, 5.41) is 3.39. The largest absolute Gasteiger partial charge is 0.416 e. The highest BCUT2D eigenvalue weighted by Crippen LogP contribution is 2.56. The number of alkyl halides is 3. The number of benzene rings is 1. The molecule has 1 aromatic rings. The first-order valence-corrected chi connectivity index (χ1v) is 7.20. The lowest BCUT2D eigenvalue weighted by Gasteiger charge is -2.21. The van der Waals surface area contributed by atoms with Crippen LogP contribution in [0, 0.1) is 5.92 Å². The lowest BCUT2D eigenvalue weighted by Crippen LogP contribution is -2.33. The molecule has 1 N–H and O–H groups in total. The summed E-state index contributed by atoms with van der Waals surface area (Å²) in [6.07, 6.45) is -2.28. The van der Waals surface area contributed by atoms with E-state index in [0.717, 1.165) is 31.0 Å². The van der Waals surface area contributed by atoms with Crippen LogP contribution in [0.3, 0.4) is 0 Å². The Morgan fingerprint density at radius 1 is 1.35 bits per heavy atom. The fraction of sp³-hybridized carbons (Fsp3) is 0.625. The number of nitrogens with one attached hydrogen (secondary N) is 1. The van der Waals surface area contributed by atoms with Gasteiger partial charge in [0.05, 0.1) is 5.56 Å². The highest BCUT2D eigenvalue weighted by Gasteiger charge is 2.53. The second kappa shape index (κ2) is 5.40. The average molecular weight is 285 g/mol. The molecule has 1 nitrogen and oxygen atoms in total. The quantitative estimate of drug-likeness (QED) is 0.847. The fourth-order valence-electron chi connectivity index (χ4n) is 2.98. The van der Waals surface area contributed by atoms with Gasteiger partial charge < -0.3 is 5.32 Å². The van der Waals surface area contributed by atoms with Crippen LogP contribution >= 0.6 is 0 Å². The molecule has 1 saturated carbocycles. The zero-order valence-electron chi connectivity index (χ0n) is 12.2. The van der Waals surface area contributed by atoms with Crippen LogP contribution < -0.4 is 5.32 Å². The van der Waals surface area contributed by atoms with Gasteiger partial charge in [-0.25, -0.2) is 0 Å². The third kappa shape index (κ3) is 3.00. The molecule has 1 fully saturated rings. The lowest BCUT2D eigenvalue weighted by molar-refractivity contribution is -0.137. The summed E-state index contributed by atoms with van der Waals surface area (Å²) in [5.74, 6) is 0.484. The maximum absolute atomic E-state index is 12.9. The molecule has 20 heavy (non-hydrogen) atoms. The Hall–Kier alpha value is -1.03. The van der Waals surface area contributed by atoms with E-state index in [2.05, 4.69) is 26.1 Å². The normalized spacial score (nSPS) is 26.1. The van der Waals surface area contributed by atoms with Gasteiger partial charge in [0.25, 0.3) is 0 Å². The number of hydrogen-bond acceptors (Lipinski definition) is 1. The first-order chi connectivity index (χ1) is 9.29. The van der Waals surface area contributed by atoms with E-state index < -0.39 is 11.7 Å². The van der Waals surface area contributed by atoms with Crippen molar-refractivity contribution in [3.05, 3.63) is 35.4 Å². The van der Waals surface area contributed by atoms with E-state index in [9.17, 15) is 13.2 Å². The first kappa shape index (κ1) is 15.4. The molecule has 0 radical (unpaired) electrons. The van der Waals surface area contributed by atoms with Gasteiger partial charge in [-0.05, 0) is 24.0 Å². The van der Waals surface area contributed by atoms with Gasteiger partial charge in [0.1, 0.15) is 0 Å². The molecule has 0 aromatic heterocycles. The standard InChI is InChI=1S/C16H22F3N/c1-4-12-9-15(12,10-20-11(2)3)13-6-5-7-14(8-13)16(17,18)19/h5-8,11-12,20H,4,9-10H2,1-3H3. The van der Waals surface area contributed by atoms with Crippen LogP contribution in [-0.2, 0) is 11.6 Å². The molecular weight excluding hydrogens is 263 g/mol. The predicted molar refractivity (Wildman–Crippen MR) is 74.7 cm³/mol. The van der Waals surface area contributed by atoms with Gasteiger partial charge in [-0.1, -0.05) is 45.4 Å². The molecule has 1 aliphatic carbocycles. The van der Waals surface area contributed by atoms with Gasteiger partial charge in [-0.15, -0.1) is 0 Å². The molecular formula is C16H22F3N. The van der Waals surface area contributed by atoms with Crippen LogP contribution in [0.5, 0.6) is 0 Å². The van der Waals surface area contributed by atoms with Crippen molar-refractivity contribution in [3.63, 3.8) is 0 Å². The summed E-state index contributed by atoms with van der Waals surface area (Å²) in [6, 6.07) is 6.19. The summed E-state index contributed by atoms with van der Waals surface area (Å²) in [5.41, 5.74) is 0.174. The van der Waals surface area contributed by atoms with Gasteiger partial charge >= 0.3 is 6.18 Å². The highest BCUT2D eigenvalue weighted by atomic mass is 19.4. The summed E-state index contributed by atoms with van der Waals surface area (Å²) >= 11 is 0. The molecule has 0 heterocycles. The van der Waals surface area contributed by atoms with E-state index in [1.165, 1.54) is 12.1 Å². The van der Waals surface area contributed by atoms with Crippen LogP contribution in [0.1, 0.15) is 44.7 Å². The average Bonchev–Trinajstić information content (AvgIpc) is 3.11. The van der Waals surface area contributed by atoms with Crippen molar-refractivity contribution in [2.24, 2.45) is 5.92 Å². The number of rotatable bonds is 5. The molecule has 0 spiro atoms. The third-order valence-corrected chi connectivity index (χ3v) is 4.32. The van der Waals surface area contributed by atoms with E-state index >= 15 is 0 Å². The molecule has 0 saturated heterocycles. The molecule has 1 aromatic carbocycles. The monoisotopic (exact) mass is 285 g/mol. The summed E-state index contributed by atoms with van der Waals surface area (Å²) in [6.45, 7) is 6.98. The van der Waals surface area contributed by atoms with E-state index in [1.54, 1.807) is 0 Å². The summed E-state index contributed by atoms with van der Waals surface area (Å²) in [7, 11) is 0. The van der Waals surface area contributed by atoms with E-state index in [-0.39, 0.29) is 5.41 Å². The molecule has 0 bridgehead atoms. The molecule has 0 aliphatic heterocycles. The van der Waals surface area contributed by atoms with Crippen molar-refractivity contribution < 1.29 is 13.2 Å². The first-order valence-electron chi connectivity index (χ1n) is 7.20. The van der Waals surface area contributed by atoms with E-state index in [0.29, 0.717) is 12.0 Å². The second-order valence-corrected chi connectivity index (χ2v) is 6.08. The number of halogens is 3. The Labute approximate surface area is 118 Å². The van der Waals surface area contributed by atoms with Gasteiger partial charge in [-0.3, -0.25) is 0 Å². The van der Waals surface area contributed by atoms with Crippen LogP contribution in [-0.4, -0.2) is 12.6 Å². The van der Waals surface area contributed by atoms with E-state index in [4.69, 9.17) is 0 Å². The Kier molecular flexibility index (Phi) is 4.14. The number of hydrogen-bond donors (Lipinski definition) is 1. The molecule has 2 rings (SSSR count).